The van der Waals surface area contributed by atoms with Crippen LogP contribution in [0, 0.1) is 0 Å². The molecule has 1 aromatic rings. The van der Waals surface area contributed by atoms with E-state index in [2.05, 4.69) is 15.4 Å². The predicted molar refractivity (Wildman–Crippen MR) is 67.8 cm³/mol. The molecule has 4 nitrogen and oxygen atoms in total. The molecule has 0 saturated heterocycles. The summed E-state index contributed by atoms with van der Waals surface area (Å²) in [5.41, 5.74) is -1.11. The lowest BCUT2D eigenvalue weighted by atomic mass is 10.2. The van der Waals surface area contributed by atoms with Crippen molar-refractivity contribution in [2.75, 3.05) is 11.9 Å². The number of rotatable bonds is 2. The Morgan fingerprint density at radius 1 is 1.37 bits per heavy atom. The van der Waals surface area contributed by atoms with E-state index >= 15 is 0 Å². The van der Waals surface area contributed by atoms with Gasteiger partial charge in [0.2, 0.25) is 0 Å². The summed E-state index contributed by atoms with van der Waals surface area (Å²) < 4.78 is 42.6. The van der Waals surface area contributed by atoms with Crippen molar-refractivity contribution in [3.63, 3.8) is 0 Å². The number of carbonyl (C=O) groups excluding carboxylic acids is 1. The zero-order chi connectivity index (χ0) is 14.5. The first-order valence-electron chi connectivity index (χ1n) is 5.25. The van der Waals surface area contributed by atoms with Gasteiger partial charge in [0.15, 0.2) is 5.11 Å². The molecule has 19 heavy (non-hydrogen) atoms. The number of carbonyl (C=O) groups is 1. The highest BCUT2D eigenvalue weighted by Gasteiger charge is 2.33. The Labute approximate surface area is 112 Å². The van der Waals surface area contributed by atoms with E-state index in [1.54, 1.807) is 6.92 Å². The van der Waals surface area contributed by atoms with Crippen LogP contribution in [0.3, 0.4) is 0 Å². The van der Waals surface area contributed by atoms with Crippen LogP contribution in [0.5, 0.6) is 0 Å². The molecule has 0 aliphatic carbocycles. The first-order valence-corrected chi connectivity index (χ1v) is 5.66. The van der Waals surface area contributed by atoms with Gasteiger partial charge in [-0.1, -0.05) is 12.1 Å². The summed E-state index contributed by atoms with van der Waals surface area (Å²) >= 11 is 4.72. The normalized spacial score (nSPS) is 10.7. The lowest BCUT2D eigenvalue weighted by Crippen LogP contribution is -2.35. The average Bonchev–Trinajstić information content (AvgIpc) is 2.28. The largest absolute Gasteiger partial charge is 0.450 e. The van der Waals surface area contributed by atoms with Crippen LogP contribution >= 0.6 is 12.2 Å². The molecule has 0 saturated carbocycles. The summed E-state index contributed by atoms with van der Waals surface area (Å²) in [7, 11) is 0. The third-order valence-electron chi connectivity index (χ3n) is 1.97. The quantitative estimate of drug-likeness (QED) is 0.822. The summed E-state index contributed by atoms with van der Waals surface area (Å²) in [6, 6.07) is 4.80. The van der Waals surface area contributed by atoms with Crippen molar-refractivity contribution < 1.29 is 22.7 Å². The number of benzene rings is 1. The summed E-state index contributed by atoms with van der Waals surface area (Å²) in [6.07, 6.45) is -5.34. The maximum atomic E-state index is 12.7. The number of hydrogen-bond acceptors (Lipinski definition) is 3. The fourth-order valence-electron chi connectivity index (χ4n) is 1.25. The van der Waals surface area contributed by atoms with Crippen molar-refractivity contribution in [2.24, 2.45) is 0 Å². The number of ether oxygens (including phenoxy) is 1. The molecular weight excluding hydrogens is 281 g/mol. The Morgan fingerprint density at radius 2 is 2.00 bits per heavy atom. The molecule has 2 N–H and O–H groups in total. The molecule has 0 atom stereocenters. The van der Waals surface area contributed by atoms with Crippen molar-refractivity contribution >= 4 is 29.1 Å². The lowest BCUT2D eigenvalue weighted by Gasteiger charge is -2.15. The monoisotopic (exact) mass is 292 g/mol. The Hall–Kier alpha value is -1.83. The van der Waals surface area contributed by atoms with Crippen LogP contribution in [-0.4, -0.2) is 17.8 Å². The third-order valence-corrected chi connectivity index (χ3v) is 2.18. The molecule has 1 rings (SSSR count). The molecule has 0 aliphatic rings. The molecule has 0 aromatic heterocycles. The second-order valence-electron chi connectivity index (χ2n) is 3.34. The van der Waals surface area contributed by atoms with Gasteiger partial charge in [-0.25, -0.2) is 4.79 Å². The predicted octanol–water partition coefficient (Wildman–Crippen LogP) is 3.15. The number of nitrogens with one attached hydrogen (secondary N) is 2. The molecule has 0 bridgehead atoms. The van der Waals surface area contributed by atoms with E-state index in [9.17, 15) is 18.0 Å². The van der Waals surface area contributed by atoms with E-state index in [4.69, 9.17) is 12.2 Å². The van der Waals surface area contributed by atoms with Gasteiger partial charge in [0.1, 0.15) is 0 Å². The summed E-state index contributed by atoms with van der Waals surface area (Å²) in [5, 5.41) is 4.14. The minimum Gasteiger partial charge on any atom is -0.450 e. The molecule has 0 radical (unpaired) electrons. The molecule has 1 amide bonds. The van der Waals surface area contributed by atoms with Gasteiger partial charge in [0.05, 0.1) is 17.9 Å². The molecule has 0 spiro atoms. The topological polar surface area (TPSA) is 50.4 Å². The van der Waals surface area contributed by atoms with Crippen LogP contribution < -0.4 is 10.6 Å². The van der Waals surface area contributed by atoms with Gasteiger partial charge in [-0.05, 0) is 31.3 Å². The Kier molecular flexibility index (Phi) is 5.11. The standard InChI is InChI=1S/C11H11F3N2O2S/c1-2-18-10(17)16-9(19)15-8-6-4-3-5-7(8)11(12,13)14/h3-6H,2H2,1H3,(H2,15,16,17,19). The van der Waals surface area contributed by atoms with Gasteiger partial charge in [-0.2, -0.15) is 13.2 Å². The maximum Gasteiger partial charge on any atom is 0.418 e. The van der Waals surface area contributed by atoms with E-state index in [0.29, 0.717) is 0 Å². The first kappa shape index (κ1) is 15.2. The maximum absolute atomic E-state index is 12.7. The number of amides is 1. The minimum absolute atomic E-state index is 0.133. The molecule has 0 unspecified atom stereocenters. The number of hydrogen-bond donors (Lipinski definition) is 2. The molecule has 104 valence electrons. The Morgan fingerprint density at radius 3 is 2.58 bits per heavy atom. The zero-order valence-electron chi connectivity index (χ0n) is 9.88. The van der Waals surface area contributed by atoms with Crippen LogP contribution in [0.4, 0.5) is 23.7 Å². The average molecular weight is 292 g/mol. The summed E-state index contributed by atoms with van der Waals surface area (Å²) in [4.78, 5) is 11.0. The molecule has 0 heterocycles. The van der Waals surface area contributed by atoms with Crippen molar-refractivity contribution in [3.05, 3.63) is 29.8 Å². The first-order chi connectivity index (χ1) is 8.84. The number of anilines is 1. The molecule has 0 fully saturated rings. The van der Waals surface area contributed by atoms with Crippen molar-refractivity contribution in [2.45, 2.75) is 13.1 Å². The molecule has 1 aromatic carbocycles. The fourth-order valence-corrected chi connectivity index (χ4v) is 1.45. The lowest BCUT2D eigenvalue weighted by molar-refractivity contribution is -0.136. The number of para-hydroxylation sites is 1. The molecule has 0 aliphatic heterocycles. The van der Waals surface area contributed by atoms with Gasteiger partial charge in [0.25, 0.3) is 0 Å². The highest BCUT2D eigenvalue weighted by Crippen LogP contribution is 2.34. The van der Waals surface area contributed by atoms with Crippen molar-refractivity contribution in [1.29, 1.82) is 0 Å². The molecular formula is C11H11F3N2O2S. The van der Waals surface area contributed by atoms with Crippen LogP contribution in [0.15, 0.2) is 24.3 Å². The highest BCUT2D eigenvalue weighted by atomic mass is 32.1. The van der Waals surface area contributed by atoms with Gasteiger partial charge in [0, 0.05) is 0 Å². The van der Waals surface area contributed by atoms with Crippen LogP contribution in [0.25, 0.3) is 0 Å². The van der Waals surface area contributed by atoms with Crippen molar-refractivity contribution in [1.82, 2.24) is 5.32 Å². The van der Waals surface area contributed by atoms with E-state index < -0.39 is 17.8 Å². The zero-order valence-corrected chi connectivity index (χ0v) is 10.7. The number of halogens is 3. The van der Waals surface area contributed by atoms with Crippen LogP contribution in [0.1, 0.15) is 12.5 Å². The van der Waals surface area contributed by atoms with Gasteiger partial charge >= 0.3 is 12.3 Å². The van der Waals surface area contributed by atoms with E-state index in [0.717, 1.165) is 6.07 Å². The van der Waals surface area contributed by atoms with E-state index in [-0.39, 0.29) is 17.4 Å². The second-order valence-corrected chi connectivity index (χ2v) is 3.75. The van der Waals surface area contributed by atoms with Gasteiger partial charge < -0.3 is 10.1 Å². The summed E-state index contributed by atoms with van der Waals surface area (Å²) in [6.45, 7) is 1.72. The van der Waals surface area contributed by atoms with Crippen LogP contribution in [0.2, 0.25) is 0 Å². The van der Waals surface area contributed by atoms with E-state index in [1.165, 1.54) is 18.2 Å². The van der Waals surface area contributed by atoms with Gasteiger partial charge in [-0.15, -0.1) is 0 Å². The fraction of sp³-hybridized carbons (Fsp3) is 0.273. The van der Waals surface area contributed by atoms with Gasteiger partial charge in [-0.3, -0.25) is 5.32 Å². The minimum atomic E-state index is -4.51. The second kappa shape index (κ2) is 6.37. The third kappa shape index (κ3) is 4.74. The smallest absolute Gasteiger partial charge is 0.418 e. The van der Waals surface area contributed by atoms with E-state index in [1.807, 2.05) is 0 Å². The van der Waals surface area contributed by atoms with Crippen LogP contribution in [-0.2, 0) is 10.9 Å². The Balaban J connectivity index is 2.77. The number of alkyl halides is 3. The molecule has 8 heteroatoms. The Bertz CT molecular complexity index is 477. The highest BCUT2D eigenvalue weighted by molar-refractivity contribution is 7.80. The number of thiocarbonyl (C=S) groups is 1. The summed E-state index contributed by atoms with van der Waals surface area (Å²) in [5.74, 6) is 0. The van der Waals surface area contributed by atoms with Crippen molar-refractivity contribution in [3.8, 4) is 0 Å². The SMILES string of the molecule is CCOC(=O)NC(=S)Nc1ccccc1C(F)(F)F. The number of alkyl carbamates (subject to hydrolysis) is 1.